The maximum Gasteiger partial charge on any atom is 0.261 e. The Bertz CT molecular complexity index is 617. The van der Waals surface area contributed by atoms with Gasteiger partial charge in [-0.25, -0.2) is 0 Å². The molecular weight excluding hydrogens is 280 g/mol. The summed E-state index contributed by atoms with van der Waals surface area (Å²) in [5.41, 5.74) is 2.03. The average Bonchev–Trinajstić information content (AvgIpc) is 2.88. The predicted molar refractivity (Wildman–Crippen MR) is 83.3 cm³/mol. The summed E-state index contributed by atoms with van der Waals surface area (Å²) in [5, 5.41) is 11.9. The van der Waals surface area contributed by atoms with Gasteiger partial charge in [0.15, 0.2) is 0 Å². The molecule has 22 heavy (non-hydrogen) atoms. The van der Waals surface area contributed by atoms with E-state index in [-0.39, 0.29) is 17.6 Å². The number of hydrogen-bond donors (Lipinski definition) is 1. The molecule has 1 aliphatic rings. The van der Waals surface area contributed by atoms with Gasteiger partial charge in [0.2, 0.25) is 0 Å². The molecular formula is C17H20N2O3. The molecule has 5 heteroatoms. The summed E-state index contributed by atoms with van der Waals surface area (Å²) < 4.78 is 10.6. The van der Waals surface area contributed by atoms with Crippen LogP contribution < -0.4 is 10.1 Å². The zero-order chi connectivity index (χ0) is 15.9. The topological polar surface area (TPSA) is 71.3 Å². The van der Waals surface area contributed by atoms with Crippen molar-refractivity contribution in [2.45, 2.75) is 25.9 Å². The summed E-state index contributed by atoms with van der Waals surface area (Å²) in [6.45, 7) is 3.08. The summed E-state index contributed by atoms with van der Waals surface area (Å²) in [6.07, 6.45) is 3.36. The Morgan fingerprint density at radius 1 is 1.59 bits per heavy atom. The Morgan fingerprint density at radius 3 is 3.14 bits per heavy atom. The number of rotatable bonds is 6. The summed E-state index contributed by atoms with van der Waals surface area (Å²) in [6, 6.07) is 7.70. The number of nitriles is 1. The molecule has 0 spiro atoms. The first-order valence-corrected chi connectivity index (χ1v) is 7.32. The average molecular weight is 300 g/mol. The summed E-state index contributed by atoms with van der Waals surface area (Å²) in [5.74, 6) is 0.465. The molecule has 1 aliphatic heterocycles. The second-order valence-corrected chi connectivity index (χ2v) is 5.27. The second-order valence-electron chi connectivity index (χ2n) is 5.27. The van der Waals surface area contributed by atoms with Crippen LogP contribution in [0.15, 0.2) is 23.8 Å². The van der Waals surface area contributed by atoms with E-state index in [2.05, 4.69) is 5.32 Å². The predicted octanol–water partition coefficient (Wildman–Crippen LogP) is 2.07. The van der Waals surface area contributed by atoms with Crippen LogP contribution in [0, 0.1) is 11.3 Å². The number of amides is 1. The molecule has 0 fully saturated rings. The van der Waals surface area contributed by atoms with Crippen molar-refractivity contribution in [3.05, 3.63) is 34.9 Å². The van der Waals surface area contributed by atoms with Crippen LogP contribution in [0.3, 0.4) is 0 Å². The van der Waals surface area contributed by atoms with Crippen molar-refractivity contribution in [2.24, 2.45) is 0 Å². The van der Waals surface area contributed by atoms with Crippen LogP contribution in [0.1, 0.15) is 24.5 Å². The van der Waals surface area contributed by atoms with Crippen LogP contribution in [-0.4, -0.2) is 32.3 Å². The number of carbonyl (C=O) groups excluding carboxylic acids is 1. The Morgan fingerprint density at radius 2 is 2.41 bits per heavy atom. The number of methoxy groups -OCH3 is 1. The van der Waals surface area contributed by atoms with Crippen LogP contribution >= 0.6 is 0 Å². The molecule has 1 atom stereocenters. The lowest BCUT2D eigenvalue weighted by atomic mass is 10.1. The lowest BCUT2D eigenvalue weighted by molar-refractivity contribution is -0.117. The van der Waals surface area contributed by atoms with E-state index in [4.69, 9.17) is 14.7 Å². The lowest BCUT2D eigenvalue weighted by Gasteiger charge is -2.05. The number of hydrogen-bond acceptors (Lipinski definition) is 4. The van der Waals surface area contributed by atoms with E-state index < -0.39 is 0 Å². The highest BCUT2D eigenvalue weighted by Gasteiger charge is 2.19. The first-order chi connectivity index (χ1) is 10.6. The summed E-state index contributed by atoms with van der Waals surface area (Å²) in [7, 11) is 1.61. The van der Waals surface area contributed by atoms with Crippen LogP contribution in [0.25, 0.3) is 6.08 Å². The van der Waals surface area contributed by atoms with Crippen molar-refractivity contribution in [3.63, 3.8) is 0 Å². The maximum atomic E-state index is 12.0. The summed E-state index contributed by atoms with van der Waals surface area (Å²) >= 11 is 0. The fourth-order valence-electron chi connectivity index (χ4n) is 2.34. The molecule has 5 nitrogen and oxygen atoms in total. The van der Waals surface area contributed by atoms with Crippen LogP contribution in [0.2, 0.25) is 0 Å². The van der Waals surface area contributed by atoms with Gasteiger partial charge in [0, 0.05) is 26.7 Å². The third kappa shape index (κ3) is 4.09. The minimum atomic E-state index is -0.367. The SMILES string of the molecule is COCCCNC(=O)/C(C#N)=C/c1ccc2c(c1)O[C@@H](C)C2. The molecule has 0 aromatic heterocycles. The second kappa shape index (κ2) is 7.62. The zero-order valence-electron chi connectivity index (χ0n) is 12.9. The van der Waals surface area contributed by atoms with Crippen LogP contribution in [-0.2, 0) is 16.0 Å². The van der Waals surface area contributed by atoms with E-state index in [9.17, 15) is 4.79 Å². The Hall–Kier alpha value is -2.32. The highest BCUT2D eigenvalue weighted by molar-refractivity contribution is 6.01. The smallest absolute Gasteiger partial charge is 0.261 e. The van der Waals surface area contributed by atoms with Gasteiger partial charge in [-0.15, -0.1) is 0 Å². The Labute approximate surface area is 130 Å². The van der Waals surface area contributed by atoms with Gasteiger partial charge < -0.3 is 14.8 Å². The van der Waals surface area contributed by atoms with Gasteiger partial charge in [-0.2, -0.15) is 5.26 Å². The fourth-order valence-corrected chi connectivity index (χ4v) is 2.34. The molecule has 0 bridgehead atoms. The molecule has 0 saturated carbocycles. The standard InChI is InChI=1S/C17H20N2O3/c1-12-8-14-5-4-13(10-16(14)22-12)9-15(11-18)17(20)19-6-3-7-21-2/h4-5,9-10,12H,3,6-8H2,1-2H3,(H,19,20)/b15-9+/t12-/m0/s1. The normalized spacial score (nSPS) is 16.6. The minimum absolute atomic E-state index is 0.0865. The van der Waals surface area contributed by atoms with E-state index in [1.165, 1.54) is 0 Å². The number of nitrogens with one attached hydrogen (secondary N) is 1. The number of ether oxygens (including phenoxy) is 2. The van der Waals surface area contributed by atoms with Gasteiger partial charge in [-0.3, -0.25) is 4.79 Å². The van der Waals surface area contributed by atoms with E-state index in [0.29, 0.717) is 19.6 Å². The molecule has 2 rings (SSSR count). The number of fused-ring (bicyclic) bond motifs is 1. The third-order valence-corrected chi connectivity index (χ3v) is 3.41. The highest BCUT2D eigenvalue weighted by Crippen LogP contribution is 2.30. The maximum absolute atomic E-state index is 12.0. The first-order valence-electron chi connectivity index (χ1n) is 7.32. The molecule has 1 heterocycles. The van der Waals surface area contributed by atoms with Crippen LogP contribution in [0.4, 0.5) is 0 Å². The molecule has 1 amide bonds. The molecule has 1 aromatic carbocycles. The van der Waals surface area contributed by atoms with Gasteiger partial charge in [-0.1, -0.05) is 12.1 Å². The van der Waals surface area contributed by atoms with Crippen molar-refractivity contribution in [3.8, 4) is 11.8 Å². The van der Waals surface area contributed by atoms with Gasteiger partial charge in [0.05, 0.1) is 0 Å². The molecule has 0 unspecified atom stereocenters. The lowest BCUT2D eigenvalue weighted by Crippen LogP contribution is -2.26. The quantitative estimate of drug-likeness (QED) is 0.496. The van der Waals surface area contributed by atoms with E-state index in [1.54, 1.807) is 13.2 Å². The monoisotopic (exact) mass is 300 g/mol. The number of carbonyl (C=O) groups is 1. The molecule has 1 aromatic rings. The molecule has 0 aliphatic carbocycles. The van der Waals surface area contributed by atoms with Crippen molar-refractivity contribution >= 4 is 12.0 Å². The highest BCUT2D eigenvalue weighted by atomic mass is 16.5. The van der Waals surface area contributed by atoms with Crippen LogP contribution in [0.5, 0.6) is 5.75 Å². The minimum Gasteiger partial charge on any atom is -0.490 e. The van der Waals surface area contributed by atoms with Crippen molar-refractivity contribution in [2.75, 3.05) is 20.3 Å². The molecule has 116 valence electrons. The Balaban J connectivity index is 2.04. The van der Waals surface area contributed by atoms with Gasteiger partial charge in [0.1, 0.15) is 23.5 Å². The number of benzene rings is 1. The third-order valence-electron chi connectivity index (χ3n) is 3.41. The summed E-state index contributed by atoms with van der Waals surface area (Å²) in [4.78, 5) is 12.0. The van der Waals surface area contributed by atoms with Gasteiger partial charge in [0.25, 0.3) is 5.91 Å². The fraction of sp³-hybridized carbons (Fsp3) is 0.412. The van der Waals surface area contributed by atoms with Crippen molar-refractivity contribution < 1.29 is 14.3 Å². The zero-order valence-corrected chi connectivity index (χ0v) is 12.9. The van der Waals surface area contributed by atoms with Crippen molar-refractivity contribution in [1.29, 1.82) is 5.26 Å². The van der Waals surface area contributed by atoms with Gasteiger partial charge in [-0.05, 0) is 36.6 Å². The molecule has 1 N–H and O–H groups in total. The number of nitrogens with zero attached hydrogens (tertiary/aromatic N) is 1. The van der Waals surface area contributed by atoms with E-state index in [1.807, 2.05) is 31.2 Å². The molecule has 0 radical (unpaired) electrons. The largest absolute Gasteiger partial charge is 0.490 e. The van der Waals surface area contributed by atoms with E-state index in [0.717, 1.165) is 23.3 Å². The van der Waals surface area contributed by atoms with E-state index >= 15 is 0 Å². The van der Waals surface area contributed by atoms with Crippen molar-refractivity contribution in [1.82, 2.24) is 5.32 Å². The first kappa shape index (κ1) is 16.1. The Kier molecular flexibility index (Phi) is 5.56. The molecule has 0 saturated heterocycles. The van der Waals surface area contributed by atoms with Gasteiger partial charge >= 0.3 is 0 Å².